The van der Waals surface area contributed by atoms with Gasteiger partial charge in [0, 0.05) is 0 Å². The van der Waals surface area contributed by atoms with Gasteiger partial charge < -0.3 is 0 Å². The molecule has 0 radical (unpaired) electrons. The second-order valence-corrected chi connectivity index (χ2v) is 7.56. The van der Waals surface area contributed by atoms with E-state index >= 15 is 0 Å². The Morgan fingerprint density at radius 2 is 1.39 bits per heavy atom. The lowest BCUT2D eigenvalue weighted by molar-refractivity contribution is -0.758. The van der Waals surface area contributed by atoms with Crippen molar-refractivity contribution in [2.75, 3.05) is 0 Å². The molecule has 0 N–H and O–H groups in total. The van der Waals surface area contributed by atoms with E-state index in [2.05, 4.69) is 28.7 Å². The van der Waals surface area contributed by atoms with Gasteiger partial charge in [0.05, 0.1) is 23.6 Å². The van der Waals surface area contributed by atoms with Crippen LogP contribution in [0.3, 0.4) is 0 Å². The molecule has 94 valence electrons. The summed E-state index contributed by atoms with van der Waals surface area (Å²) >= 11 is 0. The van der Waals surface area contributed by atoms with Gasteiger partial charge in [0.25, 0.3) is 0 Å². The van der Waals surface area contributed by atoms with Gasteiger partial charge in [0.2, 0.25) is 12.7 Å². The Balaban J connectivity index is 1.31. The number of fused-ring (bicyclic) bond motifs is 2. The highest BCUT2D eigenvalue weighted by Gasteiger charge is 2.30. The standard InChI is InChI=1S/C10H14N6S2/c1-9(2-14-6-11-5-13(1)14)17-18-10-3-15-7-12-8-16(15)4-10/h5-10H,1-4H2/q+2. The smallest absolute Gasteiger partial charge is 0.180 e. The molecule has 6 nitrogen and oxygen atoms in total. The van der Waals surface area contributed by atoms with Gasteiger partial charge >= 0.3 is 12.7 Å². The van der Waals surface area contributed by atoms with Crippen LogP contribution in [0.5, 0.6) is 0 Å². The van der Waals surface area contributed by atoms with Gasteiger partial charge in [-0.1, -0.05) is 21.6 Å². The van der Waals surface area contributed by atoms with E-state index in [1.165, 1.54) is 0 Å². The molecule has 18 heavy (non-hydrogen) atoms. The highest BCUT2D eigenvalue weighted by Crippen LogP contribution is 2.34. The summed E-state index contributed by atoms with van der Waals surface area (Å²) in [6, 6.07) is 0. The van der Waals surface area contributed by atoms with Gasteiger partial charge in [-0.2, -0.15) is 18.7 Å². The second kappa shape index (κ2) is 4.27. The summed E-state index contributed by atoms with van der Waals surface area (Å²) in [5.74, 6) is 0. The molecule has 0 saturated carbocycles. The highest BCUT2D eigenvalue weighted by molar-refractivity contribution is 8.77. The first-order chi connectivity index (χ1) is 8.88. The van der Waals surface area contributed by atoms with Gasteiger partial charge in [-0.25, -0.2) is 0 Å². The zero-order valence-corrected chi connectivity index (χ0v) is 11.4. The van der Waals surface area contributed by atoms with E-state index in [-0.39, 0.29) is 0 Å². The minimum Gasteiger partial charge on any atom is -0.180 e. The maximum Gasteiger partial charge on any atom is 0.306 e. The third kappa shape index (κ3) is 1.83. The Kier molecular flexibility index (Phi) is 2.58. The fourth-order valence-corrected chi connectivity index (χ4v) is 5.31. The molecule has 8 heteroatoms. The van der Waals surface area contributed by atoms with Crippen molar-refractivity contribution in [2.24, 2.45) is 0 Å². The van der Waals surface area contributed by atoms with Gasteiger partial charge in [-0.3, -0.25) is 0 Å². The molecule has 0 aliphatic carbocycles. The minimum atomic E-state index is 0.668. The summed E-state index contributed by atoms with van der Waals surface area (Å²) in [5, 5.41) is 1.34. The molecule has 0 bridgehead atoms. The Morgan fingerprint density at radius 1 is 0.889 bits per heavy atom. The maximum atomic E-state index is 4.13. The minimum absolute atomic E-state index is 0.668. The van der Waals surface area contributed by atoms with Crippen molar-refractivity contribution in [3.63, 3.8) is 0 Å². The topological polar surface area (TPSA) is 43.4 Å². The lowest BCUT2D eigenvalue weighted by atomic mass is 10.4. The lowest BCUT2D eigenvalue weighted by Crippen LogP contribution is -2.36. The van der Waals surface area contributed by atoms with Crippen LogP contribution in [-0.2, 0) is 26.2 Å². The zero-order valence-electron chi connectivity index (χ0n) is 9.79. The van der Waals surface area contributed by atoms with Crippen molar-refractivity contribution >= 4 is 21.6 Å². The van der Waals surface area contributed by atoms with E-state index in [9.17, 15) is 0 Å². The van der Waals surface area contributed by atoms with Crippen LogP contribution in [0.4, 0.5) is 0 Å². The van der Waals surface area contributed by atoms with Crippen molar-refractivity contribution in [3.05, 3.63) is 25.3 Å². The lowest BCUT2D eigenvalue weighted by Gasteiger charge is -2.07. The van der Waals surface area contributed by atoms with Crippen LogP contribution in [-0.4, -0.2) is 29.8 Å². The number of hydrogen-bond donors (Lipinski definition) is 0. The zero-order chi connectivity index (χ0) is 11.9. The molecule has 0 unspecified atom stereocenters. The van der Waals surface area contributed by atoms with E-state index in [1.54, 1.807) is 0 Å². The van der Waals surface area contributed by atoms with Crippen LogP contribution < -0.4 is 9.36 Å². The molecule has 0 spiro atoms. The third-order valence-corrected chi connectivity index (χ3v) is 6.57. The predicted octanol–water partition coefficient (Wildman–Crippen LogP) is -0.499. The Bertz CT molecular complexity index is 473. The van der Waals surface area contributed by atoms with Gasteiger partial charge in [-0.15, -0.1) is 0 Å². The molecule has 2 aromatic heterocycles. The molecule has 0 aromatic carbocycles. The van der Waals surface area contributed by atoms with Crippen molar-refractivity contribution in [3.8, 4) is 0 Å². The number of aromatic nitrogens is 6. The molecular weight excluding hydrogens is 268 g/mol. The summed E-state index contributed by atoms with van der Waals surface area (Å²) < 4.78 is 8.76. The third-order valence-electron chi connectivity index (χ3n) is 3.35. The summed E-state index contributed by atoms with van der Waals surface area (Å²) in [5.41, 5.74) is 0. The molecule has 0 saturated heterocycles. The second-order valence-electron chi connectivity index (χ2n) is 4.68. The molecule has 0 fully saturated rings. The van der Waals surface area contributed by atoms with E-state index < -0.39 is 0 Å². The Morgan fingerprint density at radius 3 is 1.83 bits per heavy atom. The molecule has 0 atom stereocenters. The summed E-state index contributed by atoms with van der Waals surface area (Å²) in [7, 11) is 4.03. The molecule has 0 amide bonds. The Labute approximate surface area is 112 Å². The quantitative estimate of drug-likeness (QED) is 0.562. The maximum absolute atomic E-state index is 4.13. The summed E-state index contributed by atoms with van der Waals surface area (Å²) in [4.78, 5) is 8.26. The first kappa shape index (κ1) is 10.9. The van der Waals surface area contributed by atoms with Crippen LogP contribution in [0.25, 0.3) is 0 Å². The van der Waals surface area contributed by atoms with Gasteiger partial charge in [-0.05, 0) is 9.97 Å². The van der Waals surface area contributed by atoms with E-state index in [0.717, 1.165) is 26.2 Å². The van der Waals surface area contributed by atoms with E-state index in [4.69, 9.17) is 0 Å². The fraction of sp³-hybridized carbons (Fsp3) is 0.600. The van der Waals surface area contributed by atoms with E-state index in [0.29, 0.717) is 10.5 Å². The Hall–Kier alpha value is -1.02. The van der Waals surface area contributed by atoms with Crippen molar-refractivity contribution in [1.29, 1.82) is 0 Å². The molecule has 2 aromatic rings. The van der Waals surface area contributed by atoms with Crippen LogP contribution in [0, 0.1) is 0 Å². The fourth-order valence-electron chi connectivity index (χ4n) is 2.47. The molecule has 2 aliphatic rings. The predicted molar refractivity (Wildman–Crippen MR) is 67.6 cm³/mol. The van der Waals surface area contributed by atoms with E-state index in [1.807, 2.05) is 46.9 Å². The van der Waals surface area contributed by atoms with Crippen LogP contribution >= 0.6 is 21.6 Å². The normalized spacial score (nSPS) is 25.3. The van der Waals surface area contributed by atoms with Gasteiger partial charge in [0.15, 0.2) is 0 Å². The average molecular weight is 282 g/mol. The molecular formula is C10H14N6S2+2. The van der Waals surface area contributed by atoms with Crippen LogP contribution in [0.1, 0.15) is 0 Å². The monoisotopic (exact) mass is 282 g/mol. The number of rotatable bonds is 3. The molecule has 2 aliphatic heterocycles. The number of nitrogens with zero attached hydrogens (tertiary/aromatic N) is 6. The number of hydrogen-bond acceptors (Lipinski definition) is 4. The summed E-state index contributed by atoms with van der Waals surface area (Å²) in [6.45, 7) is 4.30. The van der Waals surface area contributed by atoms with Crippen molar-refractivity contribution < 1.29 is 9.36 Å². The molecule has 4 heterocycles. The van der Waals surface area contributed by atoms with Crippen LogP contribution in [0.15, 0.2) is 25.3 Å². The van der Waals surface area contributed by atoms with Crippen molar-refractivity contribution in [1.82, 2.24) is 19.3 Å². The van der Waals surface area contributed by atoms with Gasteiger partial charge in [0.1, 0.15) is 13.1 Å². The SMILES string of the molecule is c1nc[n+]2n1CC(SSC1Cn3cnc[n+]3C1)C2. The first-order valence-electron chi connectivity index (χ1n) is 6.00. The summed E-state index contributed by atoms with van der Waals surface area (Å²) in [6.07, 6.45) is 7.64. The average Bonchev–Trinajstić information content (AvgIpc) is 3.04. The van der Waals surface area contributed by atoms with Crippen molar-refractivity contribution in [2.45, 2.75) is 36.7 Å². The first-order valence-corrected chi connectivity index (χ1v) is 8.28. The highest BCUT2D eigenvalue weighted by atomic mass is 33.1. The van der Waals surface area contributed by atoms with Crippen LogP contribution in [0.2, 0.25) is 0 Å². The molecule has 4 rings (SSSR count). The largest absolute Gasteiger partial charge is 0.306 e.